The van der Waals surface area contributed by atoms with Crippen LogP contribution in [0.25, 0.3) is 17.2 Å². The number of hydrogen-bond donors (Lipinski definition) is 2. The maximum absolute atomic E-state index is 13.5. The second-order valence-corrected chi connectivity index (χ2v) is 7.10. The average molecular weight is 439 g/mol. The number of nitrogens with one attached hydrogen (secondary N) is 2. The quantitative estimate of drug-likeness (QED) is 0.623. The molecule has 3 aromatic rings. The van der Waals surface area contributed by atoms with E-state index in [0.717, 1.165) is 25.9 Å². The first-order valence-electron chi connectivity index (χ1n) is 8.45. The average Bonchev–Trinajstić information content (AvgIpc) is 3.29. The summed E-state index contributed by atoms with van der Waals surface area (Å²) in [6, 6.07) is 4.13. The van der Waals surface area contributed by atoms with Gasteiger partial charge < -0.3 is 10.6 Å². The van der Waals surface area contributed by atoms with E-state index in [1.165, 1.54) is 22.8 Å². The van der Waals surface area contributed by atoms with Crippen LogP contribution in [0.3, 0.4) is 0 Å². The zero-order chi connectivity index (χ0) is 18.8. The first kappa shape index (κ1) is 17.9. The molecule has 4 rings (SSSR count). The number of benzene rings is 1. The van der Waals surface area contributed by atoms with Gasteiger partial charge in [0, 0.05) is 6.54 Å². The molecule has 0 saturated carbocycles. The summed E-state index contributed by atoms with van der Waals surface area (Å²) in [5.74, 6) is -0.180. The maximum atomic E-state index is 13.5. The first-order valence-corrected chi connectivity index (χ1v) is 9.24. The van der Waals surface area contributed by atoms with Crippen molar-refractivity contribution in [3.05, 3.63) is 39.0 Å². The number of anilines is 1. The molecule has 0 atom stereocenters. The molecule has 0 radical (unpaired) electrons. The molecule has 1 aliphatic heterocycles. The lowest BCUT2D eigenvalue weighted by Crippen LogP contribution is -2.31. The molecule has 142 valence electrons. The molecule has 2 N–H and O–H groups in total. The highest BCUT2D eigenvalue weighted by molar-refractivity contribution is 9.10. The topological polar surface area (TPSA) is 111 Å². The highest BCUT2D eigenvalue weighted by atomic mass is 79.9. The molecule has 2 aromatic heterocycles. The summed E-state index contributed by atoms with van der Waals surface area (Å²) >= 11 is 3.11. The van der Waals surface area contributed by atoms with Crippen molar-refractivity contribution in [3.63, 3.8) is 0 Å². The summed E-state index contributed by atoms with van der Waals surface area (Å²) < 4.78 is 24.6. The van der Waals surface area contributed by atoms with Crippen LogP contribution < -0.4 is 16.4 Å². The van der Waals surface area contributed by atoms with Crippen LogP contribution in [-0.4, -0.2) is 39.7 Å². The van der Waals surface area contributed by atoms with Crippen molar-refractivity contribution in [1.29, 1.82) is 0 Å². The minimum Gasteiger partial charge on any atom is -0.365 e. The lowest BCUT2D eigenvalue weighted by Gasteiger charge is -2.22. The van der Waals surface area contributed by atoms with Crippen molar-refractivity contribution in [3.8, 4) is 17.2 Å². The van der Waals surface area contributed by atoms with Crippen LogP contribution >= 0.6 is 15.9 Å². The summed E-state index contributed by atoms with van der Waals surface area (Å²) in [4.78, 5) is 12.2. The van der Waals surface area contributed by atoms with Gasteiger partial charge in [-0.3, -0.25) is 4.52 Å². The van der Waals surface area contributed by atoms with Crippen LogP contribution in [0.1, 0.15) is 12.8 Å². The van der Waals surface area contributed by atoms with Gasteiger partial charge in [-0.2, -0.15) is 0 Å². The van der Waals surface area contributed by atoms with Crippen molar-refractivity contribution in [2.24, 2.45) is 5.92 Å². The Morgan fingerprint density at radius 2 is 2.11 bits per heavy atom. The van der Waals surface area contributed by atoms with Crippen molar-refractivity contribution >= 4 is 21.7 Å². The Bertz CT molecular complexity index is 994. The van der Waals surface area contributed by atoms with Gasteiger partial charge in [0.1, 0.15) is 5.82 Å². The summed E-state index contributed by atoms with van der Waals surface area (Å²) in [6.45, 7) is 2.67. The van der Waals surface area contributed by atoms with Gasteiger partial charge in [-0.25, -0.2) is 18.4 Å². The maximum Gasteiger partial charge on any atom is 0.446 e. The van der Waals surface area contributed by atoms with Crippen molar-refractivity contribution in [2.75, 3.05) is 25.0 Å². The first-order chi connectivity index (χ1) is 13.1. The molecule has 0 unspecified atom stereocenters. The van der Waals surface area contributed by atoms with Gasteiger partial charge in [0.15, 0.2) is 5.69 Å². The van der Waals surface area contributed by atoms with E-state index in [1.807, 2.05) is 0 Å². The molecule has 0 spiro atoms. The summed E-state index contributed by atoms with van der Waals surface area (Å²) in [5.41, 5.74) is 0.618. The third-order valence-electron chi connectivity index (χ3n) is 4.48. The molecule has 1 fully saturated rings. The van der Waals surface area contributed by atoms with Crippen molar-refractivity contribution in [2.45, 2.75) is 12.8 Å². The highest BCUT2D eigenvalue weighted by Gasteiger charge is 2.24. The van der Waals surface area contributed by atoms with E-state index in [4.69, 9.17) is 9.15 Å². The molecule has 1 aliphatic rings. The SMILES string of the molecule is O=c1onc(-c2nonc2NCC2CCNCC2)n1-c1ccc(F)c(Br)c1. The van der Waals surface area contributed by atoms with Crippen LogP contribution in [0.5, 0.6) is 0 Å². The van der Waals surface area contributed by atoms with Gasteiger partial charge >= 0.3 is 5.76 Å². The van der Waals surface area contributed by atoms with Gasteiger partial charge in [0.05, 0.1) is 10.2 Å². The van der Waals surface area contributed by atoms with E-state index in [9.17, 15) is 9.18 Å². The molecule has 0 amide bonds. The number of hydrogen-bond acceptors (Lipinski definition) is 8. The van der Waals surface area contributed by atoms with Gasteiger partial charge in [0.2, 0.25) is 11.6 Å². The molecule has 9 nitrogen and oxygen atoms in total. The molecule has 11 heteroatoms. The second kappa shape index (κ2) is 7.61. The minimum atomic E-state index is -0.726. The molecular weight excluding hydrogens is 423 g/mol. The number of rotatable bonds is 5. The van der Waals surface area contributed by atoms with E-state index in [2.05, 4.69) is 42.0 Å². The Balaban J connectivity index is 1.64. The zero-order valence-electron chi connectivity index (χ0n) is 14.1. The van der Waals surface area contributed by atoms with E-state index in [-0.39, 0.29) is 16.0 Å². The van der Waals surface area contributed by atoms with Crippen LogP contribution in [0, 0.1) is 11.7 Å². The predicted octanol–water partition coefficient (Wildman–Crippen LogP) is 2.19. The number of aromatic nitrogens is 4. The van der Waals surface area contributed by atoms with Gasteiger partial charge in [-0.1, -0.05) is 5.16 Å². The fourth-order valence-corrected chi connectivity index (χ4v) is 3.40. The van der Waals surface area contributed by atoms with Crippen LogP contribution in [0.15, 0.2) is 36.6 Å². The van der Waals surface area contributed by atoms with Gasteiger partial charge in [-0.15, -0.1) is 0 Å². The number of piperidine rings is 1. The largest absolute Gasteiger partial charge is 0.446 e. The molecule has 27 heavy (non-hydrogen) atoms. The smallest absolute Gasteiger partial charge is 0.365 e. The molecule has 1 aromatic carbocycles. The van der Waals surface area contributed by atoms with E-state index >= 15 is 0 Å². The Morgan fingerprint density at radius 3 is 2.89 bits per heavy atom. The molecule has 1 saturated heterocycles. The fourth-order valence-electron chi connectivity index (χ4n) is 3.03. The Hall–Kier alpha value is -2.53. The lowest BCUT2D eigenvalue weighted by atomic mass is 9.98. The molecule has 3 heterocycles. The molecule has 0 bridgehead atoms. The van der Waals surface area contributed by atoms with E-state index < -0.39 is 11.6 Å². The minimum absolute atomic E-state index is 0.118. The predicted molar refractivity (Wildman–Crippen MR) is 97.1 cm³/mol. The summed E-state index contributed by atoms with van der Waals surface area (Å²) in [5, 5.41) is 18.1. The Labute approximate surface area is 161 Å². The third kappa shape index (κ3) is 3.65. The van der Waals surface area contributed by atoms with E-state index in [1.54, 1.807) is 0 Å². The second-order valence-electron chi connectivity index (χ2n) is 6.24. The highest BCUT2D eigenvalue weighted by Crippen LogP contribution is 2.26. The van der Waals surface area contributed by atoms with Crippen LogP contribution in [0.2, 0.25) is 0 Å². The molecule has 0 aliphatic carbocycles. The molecular formula is C16H16BrFN6O3. The Kier molecular flexibility index (Phi) is 5.03. The van der Waals surface area contributed by atoms with Gasteiger partial charge in [-0.05, 0) is 76.3 Å². The van der Waals surface area contributed by atoms with E-state index in [0.29, 0.717) is 24.0 Å². The van der Waals surface area contributed by atoms with Crippen LogP contribution in [-0.2, 0) is 0 Å². The summed E-state index contributed by atoms with van der Waals surface area (Å²) in [7, 11) is 0. The zero-order valence-corrected chi connectivity index (χ0v) is 15.7. The number of halogens is 2. The van der Waals surface area contributed by atoms with Crippen molar-refractivity contribution in [1.82, 2.24) is 25.4 Å². The van der Waals surface area contributed by atoms with Crippen molar-refractivity contribution < 1.29 is 13.5 Å². The van der Waals surface area contributed by atoms with Gasteiger partial charge in [0.25, 0.3) is 0 Å². The fraction of sp³-hybridized carbons (Fsp3) is 0.375. The number of nitrogens with zero attached hydrogens (tertiary/aromatic N) is 4. The standard InChI is InChI=1S/C16H16BrFN6O3/c17-11-7-10(1-2-12(11)18)24-15(23-26-16(24)25)13-14(22-27-21-13)20-8-9-3-5-19-6-4-9/h1-2,7,9,19H,3-6,8H2,(H,20,22). The van der Waals surface area contributed by atoms with Crippen LogP contribution in [0.4, 0.5) is 10.2 Å². The third-order valence-corrected chi connectivity index (χ3v) is 5.09. The summed E-state index contributed by atoms with van der Waals surface area (Å²) in [6.07, 6.45) is 2.12. The monoisotopic (exact) mass is 438 g/mol. The Morgan fingerprint density at radius 1 is 1.30 bits per heavy atom. The lowest BCUT2D eigenvalue weighted by molar-refractivity contribution is 0.309. The normalized spacial score (nSPS) is 15.2.